The highest BCUT2D eigenvalue weighted by Gasteiger charge is 2.23. The van der Waals surface area contributed by atoms with Gasteiger partial charge in [0.2, 0.25) is 5.56 Å². The van der Waals surface area contributed by atoms with Crippen LogP contribution in [0.25, 0.3) is 0 Å². The SMILES string of the molecule is CCNC(=NCC(OC)C(C)(C)C)NCCCCn1ccccc1=O.I. The lowest BCUT2D eigenvalue weighted by molar-refractivity contribution is 0.0241. The lowest BCUT2D eigenvalue weighted by Crippen LogP contribution is -2.39. The van der Waals surface area contributed by atoms with Crippen LogP contribution < -0.4 is 16.2 Å². The standard InChI is InChI=1S/C19H34N4O2.HI/c1-6-20-18(22-15-16(25-5)19(2,3)4)21-12-8-10-14-23-13-9-7-11-17(23)24;/h7,9,11,13,16H,6,8,10,12,14-15H2,1-5H3,(H2,20,21,22);1H. The van der Waals surface area contributed by atoms with Gasteiger partial charge in [-0.2, -0.15) is 0 Å². The predicted molar refractivity (Wildman–Crippen MR) is 120 cm³/mol. The van der Waals surface area contributed by atoms with Crippen molar-refractivity contribution >= 4 is 29.9 Å². The summed E-state index contributed by atoms with van der Waals surface area (Å²) in [6.07, 6.45) is 3.82. The fourth-order valence-electron chi connectivity index (χ4n) is 2.48. The summed E-state index contributed by atoms with van der Waals surface area (Å²) in [5, 5.41) is 6.61. The molecule has 6 nitrogen and oxygen atoms in total. The minimum absolute atomic E-state index is 0. The first-order valence-corrected chi connectivity index (χ1v) is 9.09. The molecule has 0 saturated heterocycles. The Bertz CT molecular complexity index is 581. The molecule has 1 heterocycles. The molecule has 150 valence electrons. The number of rotatable bonds is 9. The van der Waals surface area contributed by atoms with Crippen LogP contribution in [0.4, 0.5) is 0 Å². The number of methoxy groups -OCH3 is 1. The second-order valence-electron chi connectivity index (χ2n) is 7.18. The molecule has 2 N–H and O–H groups in total. The van der Waals surface area contributed by atoms with E-state index >= 15 is 0 Å². The van der Waals surface area contributed by atoms with Crippen molar-refractivity contribution in [1.29, 1.82) is 0 Å². The summed E-state index contributed by atoms with van der Waals surface area (Å²) in [5.41, 5.74) is 0.108. The number of nitrogens with zero attached hydrogens (tertiary/aromatic N) is 2. The van der Waals surface area contributed by atoms with Crippen LogP contribution in [-0.4, -0.2) is 43.4 Å². The molecule has 0 aliphatic heterocycles. The third kappa shape index (κ3) is 9.56. The van der Waals surface area contributed by atoms with Crippen molar-refractivity contribution in [2.24, 2.45) is 10.4 Å². The van der Waals surface area contributed by atoms with Gasteiger partial charge in [0.15, 0.2) is 5.96 Å². The lowest BCUT2D eigenvalue weighted by atomic mass is 9.89. The molecule has 0 saturated carbocycles. The van der Waals surface area contributed by atoms with E-state index < -0.39 is 0 Å². The van der Waals surface area contributed by atoms with Crippen LogP contribution in [0.2, 0.25) is 0 Å². The Labute approximate surface area is 174 Å². The summed E-state index contributed by atoms with van der Waals surface area (Å²) < 4.78 is 7.29. The summed E-state index contributed by atoms with van der Waals surface area (Å²) in [7, 11) is 1.73. The molecule has 0 bridgehead atoms. The summed E-state index contributed by atoms with van der Waals surface area (Å²) in [5.74, 6) is 0.811. The molecule has 1 atom stereocenters. The van der Waals surface area contributed by atoms with Gasteiger partial charge in [0.1, 0.15) is 0 Å². The van der Waals surface area contributed by atoms with Crippen LogP contribution in [0.15, 0.2) is 34.2 Å². The van der Waals surface area contributed by atoms with Crippen LogP contribution in [0, 0.1) is 5.41 Å². The summed E-state index contributed by atoms with van der Waals surface area (Å²) in [6, 6.07) is 5.25. The van der Waals surface area contributed by atoms with Gasteiger partial charge in [0.25, 0.3) is 0 Å². The Kier molecular flexibility index (Phi) is 12.6. The third-order valence-corrected chi connectivity index (χ3v) is 4.03. The monoisotopic (exact) mass is 478 g/mol. The van der Waals surface area contributed by atoms with Crippen LogP contribution >= 0.6 is 24.0 Å². The van der Waals surface area contributed by atoms with E-state index in [1.165, 1.54) is 0 Å². The van der Waals surface area contributed by atoms with Gasteiger partial charge < -0.3 is 19.9 Å². The first-order valence-electron chi connectivity index (χ1n) is 9.09. The number of aliphatic imine (C=N–C) groups is 1. The van der Waals surface area contributed by atoms with Crippen molar-refractivity contribution < 1.29 is 4.74 Å². The van der Waals surface area contributed by atoms with E-state index in [1.54, 1.807) is 23.8 Å². The van der Waals surface area contributed by atoms with Gasteiger partial charge in [-0.15, -0.1) is 24.0 Å². The molecule has 0 fully saturated rings. The molecule has 0 amide bonds. The number of halogens is 1. The van der Waals surface area contributed by atoms with Crippen molar-refractivity contribution in [2.45, 2.75) is 53.2 Å². The molecule has 1 rings (SSSR count). The van der Waals surface area contributed by atoms with Gasteiger partial charge in [-0.25, -0.2) is 0 Å². The normalized spacial score (nSPS) is 13.0. The predicted octanol–water partition coefficient (Wildman–Crippen LogP) is 2.86. The zero-order valence-corrected chi connectivity index (χ0v) is 19.1. The van der Waals surface area contributed by atoms with Crippen LogP contribution in [-0.2, 0) is 11.3 Å². The van der Waals surface area contributed by atoms with Gasteiger partial charge in [-0.3, -0.25) is 9.79 Å². The molecule has 1 aromatic rings. The highest BCUT2D eigenvalue weighted by Crippen LogP contribution is 2.21. The van der Waals surface area contributed by atoms with Crippen molar-refractivity contribution in [1.82, 2.24) is 15.2 Å². The Morgan fingerprint density at radius 2 is 2.00 bits per heavy atom. The van der Waals surface area contributed by atoms with E-state index in [0.29, 0.717) is 6.54 Å². The van der Waals surface area contributed by atoms with Crippen molar-refractivity contribution in [3.05, 3.63) is 34.7 Å². The van der Waals surface area contributed by atoms with E-state index in [9.17, 15) is 4.79 Å². The zero-order chi connectivity index (χ0) is 18.7. The van der Waals surface area contributed by atoms with Crippen LogP contribution in [0.5, 0.6) is 0 Å². The number of unbranched alkanes of at least 4 members (excludes halogenated alkanes) is 1. The number of hydrogen-bond donors (Lipinski definition) is 2. The zero-order valence-electron chi connectivity index (χ0n) is 16.7. The second kappa shape index (κ2) is 13.1. The minimum Gasteiger partial charge on any atom is -0.379 e. The van der Waals surface area contributed by atoms with Crippen LogP contribution in [0.1, 0.15) is 40.5 Å². The number of guanidine groups is 1. The molecule has 26 heavy (non-hydrogen) atoms. The van der Waals surface area contributed by atoms with Crippen molar-refractivity contribution in [3.63, 3.8) is 0 Å². The lowest BCUT2D eigenvalue weighted by Gasteiger charge is -2.28. The van der Waals surface area contributed by atoms with Gasteiger partial charge in [0.05, 0.1) is 12.6 Å². The first-order chi connectivity index (χ1) is 11.9. The average Bonchev–Trinajstić information content (AvgIpc) is 2.55. The van der Waals surface area contributed by atoms with E-state index in [2.05, 4.69) is 43.3 Å². The summed E-state index contributed by atoms with van der Waals surface area (Å²) in [4.78, 5) is 16.3. The van der Waals surface area contributed by atoms with Gasteiger partial charge >= 0.3 is 0 Å². The molecule has 0 radical (unpaired) electrons. The average molecular weight is 478 g/mol. The Hall–Kier alpha value is -1.09. The fourth-order valence-corrected chi connectivity index (χ4v) is 2.48. The third-order valence-electron chi connectivity index (χ3n) is 4.03. The highest BCUT2D eigenvalue weighted by molar-refractivity contribution is 14.0. The smallest absolute Gasteiger partial charge is 0.250 e. The molecule has 0 aromatic carbocycles. The number of ether oxygens (including phenoxy) is 1. The highest BCUT2D eigenvalue weighted by atomic mass is 127. The number of nitrogens with one attached hydrogen (secondary N) is 2. The van der Waals surface area contributed by atoms with E-state index in [4.69, 9.17) is 4.74 Å². The van der Waals surface area contributed by atoms with Crippen molar-refractivity contribution in [3.8, 4) is 0 Å². The quantitative estimate of drug-likeness (QED) is 0.248. The molecule has 1 unspecified atom stereocenters. The summed E-state index contributed by atoms with van der Waals surface area (Å²) in [6.45, 7) is 11.5. The van der Waals surface area contributed by atoms with E-state index in [-0.39, 0.29) is 41.1 Å². The molecular weight excluding hydrogens is 443 g/mol. The van der Waals surface area contributed by atoms with Crippen molar-refractivity contribution in [2.75, 3.05) is 26.7 Å². The minimum atomic E-state index is 0. The molecule has 0 spiro atoms. The Morgan fingerprint density at radius 3 is 2.58 bits per heavy atom. The maximum absolute atomic E-state index is 11.6. The number of aryl methyl sites for hydroxylation is 1. The molecular formula is C19H35IN4O2. The van der Waals surface area contributed by atoms with Gasteiger partial charge in [-0.1, -0.05) is 26.8 Å². The maximum Gasteiger partial charge on any atom is 0.250 e. The molecule has 0 aliphatic carbocycles. The summed E-state index contributed by atoms with van der Waals surface area (Å²) >= 11 is 0. The molecule has 7 heteroatoms. The fraction of sp³-hybridized carbons (Fsp3) is 0.684. The number of hydrogen-bond acceptors (Lipinski definition) is 3. The number of aromatic nitrogens is 1. The maximum atomic E-state index is 11.6. The largest absolute Gasteiger partial charge is 0.379 e. The Morgan fingerprint density at radius 1 is 1.27 bits per heavy atom. The first kappa shape index (κ1) is 24.9. The second-order valence-corrected chi connectivity index (χ2v) is 7.18. The van der Waals surface area contributed by atoms with Gasteiger partial charge in [0, 0.05) is 39.0 Å². The molecule has 0 aliphatic rings. The molecule has 1 aromatic heterocycles. The van der Waals surface area contributed by atoms with E-state index in [0.717, 1.165) is 38.4 Å². The topological polar surface area (TPSA) is 67.7 Å². The van der Waals surface area contributed by atoms with Crippen LogP contribution in [0.3, 0.4) is 0 Å². The Balaban J connectivity index is 0.00000625. The van der Waals surface area contributed by atoms with Gasteiger partial charge in [-0.05, 0) is 31.2 Å². The number of pyridine rings is 1. The van der Waals surface area contributed by atoms with E-state index in [1.807, 2.05) is 12.3 Å².